The number of carbonyl (C=O) groups excluding carboxylic acids is 4. The van der Waals surface area contributed by atoms with E-state index in [1.807, 2.05) is 0 Å². The van der Waals surface area contributed by atoms with Gasteiger partial charge in [-0.2, -0.15) is 0 Å². The molecule has 0 aliphatic carbocycles. The van der Waals surface area contributed by atoms with Crippen LogP contribution in [-0.2, 0) is 47.2 Å². The Morgan fingerprint density at radius 3 is 1.23 bits per heavy atom. The van der Waals surface area contributed by atoms with Gasteiger partial charge < -0.3 is 23.5 Å². The number of ether oxygens (including phenoxy) is 4. The summed E-state index contributed by atoms with van der Waals surface area (Å²) >= 11 is 0. The smallest absolute Gasteiger partial charge is 0.345 e. The number of hydrogen-bond donors (Lipinski definition) is 0. The van der Waals surface area contributed by atoms with E-state index in [-0.39, 0.29) is 0 Å². The summed E-state index contributed by atoms with van der Waals surface area (Å²) in [5.74, 6) is -4.85. The molecule has 144 valence electrons. The van der Waals surface area contributed by atoms with Crippen molar-refractivity contribution in [3.63, 3.8) is 0 Å². The number of esters is 4. The Bertz CT molecular complexity index is 702. The normalized spacial score (nSPS) is 15.8. The lowest BCUT2D eigenvalue weighted by molar-refractivity contribution is -0.140. The summed E-state index contributed by atoms with van der Waals surface area (Å²) in [5, 5.41) is -1.58. The SMILES string of the molecule is COC(=O)C1=C(C(=O)OC)P(=O)(OC(C)C)C(C(=O)OC)=C1C(=O)OC. The van der Waals surface area contributed by atoms with E-state index in [4.69, 9.17) is 4.52 Å². The van der Waals surface area contributed by atoms with Crippen molar-refractivity contribution in [2.75, 3.05) is 28.4 Å². The van der Waals surface area contributed by atoms with Gasteiger partial charge in [0.2, 0.25) is 0 Å². The molecule has 1 rings (SSSR count). The van der Waals surface area contributed by atoms with E-state index in [0.717, 1.165) is 28.4 Å². The van der Waals surface area contributed by atoms with Crippen LogP contribution in [0.4, 0.5) is 0 Å². The van der Waals surface area contributed by atoms with Gasteiger partial charge in [-0.1, -0.05) is 0 Å². The highest BCUT2D eigenvalue weighted by atomic mass is 31.2. The van der Waals surface area contributed by atoms with Gasteiger partial charge >= 0.3 is 23.9 Å². The summed E-state index contributed by atoms with van der Waals surface area (Å²) in [7, 11) is -0.638. The van der Waals surface area contributed by atoms with Crippen molar-refractivity contribution in [1.29, 1.82) is 0 Å². The van der Waals surface area contributed by atoms with Gasteiger partial charge in [-0.15, -0.1) is 0 Å². The molecule has 0 fully saturated rings. The first-order chi connectivity index (χ1) is 12.1. The molecule has 11 heteroatoms. The van der Waals surface area contributed by atoms with Crippen molar-refractivity contribution in [2.24, 2.45) is 0 Å². The van der Waals surface area contributed by atoms with Crippen LogP contribution in [0.5, 0.6) is 0 Å². The average Bonchev–Trinajstić information content (AvgIpc) is 2.87. The van der Waals surface area contributed by atoms with E-state index in [1.54, 1.807) is 0 Å². The van der Waals surface area contributed by atoms with Crippen molar-refractivity contribution in [2.45, 2.75) is 20.0 Å². The first-order valence-corrected chi connectivity index (χ1v) is 8.84. The molecule has 0 amide bonds. The minimum atomic E-state index is -4.53. The molecule has 0 atom stereocenters. The van der Waals surface area contributed by atoms with Crippen molar-refractivity contribution >= 4 is 31.2 Å². The summed E-state index contributed by atoms with van der Waals surface area (Å²) in [6.07, 6.45) is -0.754. The van der Waals surface area contributed by atoms with Gasteiger partial charge in [-0.05, 0) is 13.8 Å². The monoisotopic (exact) mass is 390 g/mol. The van der Waals surface area contributed by atoms with Gasteiger partial charge in [-0.3, -0.25) is 4.57 Å². The molecule has 0 bridgehead atoms. The van der Waals surface area contributed by atoms with Crippen LogP contribution in [0.3, 0.4) is 0 Å². The van der Waals surface area contributed by atoms with Crippen LogP contribution in [0.1, 0.15) is 13.8 Å². The third kappa shape index (κ3) is 3.56. The molecule has 26 heavy (non-hydrogen) atoms. The second-order valence-electron chi connectivity index (χ2n) is 5.12. The number of hydrogen-bond acceptors (Lipinski definition) is 10. The van der Waals surface area contributed by atoms with E-state index in [1.165, 1.54) is 13.8 Å². The maximum Gasteiger partial charge on any atom is 0.345 e. The van der Waals surface area contributed by atoms with E-state index >= 15 is 0 Å². The minimum Gasteiger partial charge on any atom is -0.465 e. The van der Waals surface area contributed by atoms with E-state index in [0.29, 0.717) is 0 Å². The van der Waals surface area contributed by atoms with E-state index < -0.39 is 59.1 Å². The van der Waals surface area contributed by atoms with Gasteiger partial charge in [0.05, 0.1) is 45.7 Å². The Hall–Kier alpha value is -2.45. The average molecular weight is 390 g/mol. The lowest BCUT2D eigenvalue weighted by Gasteiger charge is -2.20. The van der Waals surface area contributed by atoms with E-state index in [9.17, 15) is 23.7 Å². The fourth-order valence-electron chi connectivity index (χ4n) is 2.28. The fraction of sp³-hybridized carbons (Fsp3) is 0.467. The first kappa shape index (κ1) is 21.6. The predicted octanol–water partition coefficient (Wildman–Crippen LogP) is 0.903. The molecule has 0 saturated heterocycles. The van der Waals surface area contributed by atoms with Crippen LogP contribution >= 0.6 is 7.37 Å². The molecule has 0 unspecified atom stereocenters. The van der Waals surface area contributed by atoms with Crippen LogP contribution < -0.4 is 0 Å². The van der Waals surface area contributed by atoms with Crippen molar-refractivity contribution in [1.82, 2.24) is 0 Å². The fourth-order valence-corrected chi connectivity index (χ4v) is 4.97. The Labute approximate surface area is 149 Å². The van der Waals surface area contributed by atoms with Crippen LogP contribution in [0.15, 0.2) is 21.8 Å². The Kier molecular flexibility index (Phi) is 6.88. The zero-order valence-electron chi connectivity index (χ0n) is 15.1. The van der Waals surface area contributed by atoms with Crippen molar-refractivity contribution in [3.05, 3.63) is 21.8 Å². The first-order valence-electron chi connectivity index (χ1n) is 7.22. The summed E-state index contributed by atoms with van der Waals surface area (Å²) in [5.41, 5.74) is -1.45. The minimum absolute atomic E-state index is 0.726. The Morgan fingerprint density at radius 1 is 0.692 bits per heavy atom. The maximum atomic E-state index is 13.6. The molecule has 0 spiro atoms. The highest BCUT2D eigenvalue weighted by molar-refractivity contribution is 7.70. The highest BCUT2D eigenvalue weighted by Crippen LogP contribution is 2.69. The molecule has 0 aromatic heterocycles. The molecule has 10 nitrogen and oxygen atoms in total. The molecular formula is C15H19O10P. The second-order valence-corrected chi connectivity index (χ2v) is 7.33. The van der Waals surface area contributed by atoms with Gasteiger partial charge in [0.1, 0.15) is 10.6 Å². The summed E-state index contributed by atoms with van der Waals surface area (Å²) in [6, 6.07) is 0. The van der Waals surface area contributed by atoms with Crippen LogP contribution in [0, 0.1) is 0 Å². The van der Waals surface area contributed by atoms with E-state index in [2.05, 4.69) is 18.9 Å². The third-order valence-electron chi connectivity index (χ3n) is 3.21. The van der Waals surface area contributed by atoms with Crippen LogP contribution in [0.2, 0.25) is 0 Å². The van der Waals surface area contributed by atoms with Crippen LogP contribution in [-0.4, -0.2) is 58.4 Å². The lowest BCUT2D eigenvalue weighted by atomic mass is 10.1. The standard InChI is InChI=1S/C15H19O10P/c1-7(2)25-26(20)10(14(18)23-5)8(12(16)21-3)9(13(17)22-4)11(26)15(19)24-6/h7H,1-6H3. The number of methoxy groups -OCH3 is 4. The summed E-state index contributed by atoms with van der Waals surface area (Å²) < 4.78 is 37.2. The Balaban J connectivity index is 4.05. The summed E-state index contributed by atoms with van der Waals surface area (Å²) in [6.45, 7) is 2.97. The molecule has 0 saturated carbocycles. The van der Waals surface area contributed by atoms with Gasteiger partial charge in [-0.25, -0.2) is 19.2 Å². The van der Waals surface area contributed by atoms with Gasteiger partial charge in [0, 0.05) is 0 Å². The number of carbonyl (C=O) groups is 4. The molecule has 0 N–H and O–H groups in total. The molecule has 1 aliphatic rings. The molecule has 0 aromatic carbocycles. The largest absolute Gasteiger partial charge is 0.465 e. The zero-order chi connectivity index (χ0) is 20.2. The molecule has 1 heterocycles. The third-order valence-corrected chi connectivity index (χ3v) is 5.92. The van der Waals surface area contributed by atoms with Gasteiger partial charge in [0.15, 0.2) is 0 Å². The topological polar surface area (TPSA) is 132 Å². The molecule has 0 radical (unpaired) electrons. The van der Waals surface area contributed by atoms with Gasteiger partial charge in [0.25, 0.3) is 7.37 Å². The second kappa shape index (κ2) is 8.29. The predicted molar refractivity (Wildman–Crippen MR) is 85.9 cm³/mol. The quantitative estimate of drug-likeness (QED) is 0.366. The molecule has 1 aliphatic heterocycles. The lowest BCUT2D eigenvalue weighted by Crippen LogP contribution is -2.18. The molecular weight excluding hydrogens is 371 g/mol. The molecule has 0 aromatic rings. The van der Waals surface area contributed by atoms with Crippen LogP contribution in [0.25, 0.3) is 0 Å². The number of rotatable bonds is 6. The highest BCUT2D eigenvalue weighted by Gasteiger charge is 2.56. The van der Waals surface area contributed by atoms with Crippen molar-refractivity contribution in [3.8, 4) is 0 Å². The summed E-state index contributed by atoms with van der Waals surface area (Å²) in [4.78, 5) is 49.1. The Morgan fingerprint density at radius 2 is 1.00 bits per heavy atom. The zero-order valence-corrected chi connectivity index (χ0v) is 16.0. The maximum absolute atomic E-state index is 13.6. The van der Waals surface area contributed by atoms with Crippen molar-refractivity contribution < 1.29 is 47.2 Å².